The summed E-state index contributed by atoms with van der Waals surface area (Å²) in [6.07, 6.45) is 12.2. The van der Waals surface area contributed by atoms with Crippen molar-refractivity contribution in [2.75, 3.05) is 13.1 Å². The summed E-state index contributed by atoms with van der Waals surface area (Å²) in [4.78, 5) is 23.5. The van der Waals surface area contributed by atoms with E-state index in [4.69, 9.17) is 0 Å². The van der Waals surface area contributed by atoms with Gasteiger partial charge in [0.15, 0.2) is 0 Å². The Morgan fingerprint density at radius 1 is 0.615 bits per heavy atom. The molecule has 0 fully saturated rings. The molecule has 0 heterocycles. The molecule has 0 aliphatic carbocycles. The summed E-state index contributed by atoms with van der Waals surface area (Å²) in [6, 6.07) is 0. The number of hydrogen-bond acceptors (Lipinski definition) is 2. The molecule has 146 valence electrons. The Hall–Kier alpha value is -2.10. The van der Waals surface area contributed by atoms with E-state index < -0.39 is 11.8 Å². The summed E-state index contributed by atoms with van der Waals surface area (Å²) in [6.45, 7) is 13.2. The number of carbonyl (C=O) groups excluding carboxylic acids is 2. The maximum absolute atomic E-state index is 11.8. The smallest absolute Gasteiger partial charge is 0.309 e. The lowest BCUT2D eigenvalue weighted by Gasteiger charge is -2.05. The van der Waals surface area contributed by atoms with Crippen LogP contribution in [0.5, 0.6) is 0 Å². The molecule has 0 aliphatic heterocycles. The van der Waals surface area contributed by atoms with Gasteiger partial charge in [-0.15, -0.1) is 0 Å². The third-order valence-corrected chi connectivity index (χ3v) is 3.82. The lowest BCUT2D eigenvalue weighted by Crippen LogP contribution is -2.40. The Bertz CT molecular complexity index is 521. The van der Waals surface area contributed by atoms with Crippen molar-refractivity contribution in [2.45, 2.75) is 67.2 Å². The van der Waals surface area contributed by atoms with E-state index >= 15 is 0 Å². The minimum Gasteiger partial charge on any atom is -0.344 e. The second-order valence-corrected chi connectivity index (χ2v) is 7.16. The number of amides is 2. The van der Waals surface area contributed by atoms with E-state index in [-0.39, 0.29) is 0 Å². The average molecular weight is 361 g/mol. The number of rotatable bonds is 10. The zero-order valence-corrected chi connectivity index (χ0v) is 17.4. The normalized spacial score (nSPS) is 11.6. The van der Waals surface area contributed by atoms with Crippen LogP contribution in [-0.4, -0.2) is 24.9 Å². The molecular formula is C22H36N2O2. The Labute approximate surface area is 159 Å². The summed E-state index contributed by atoms with van der Waals surface area (Å²) in [5.74, 6) is -1.18. The summed E-state index contributed by atoms with van der Waals surface area (Å²) >= 11 is 0. The highest BCUT2D eigenvalue weighted by atomic mass is 16.2. The van der Waals surface area contributed by atoms with Crippen LogP contribution < -0.4 is 10.6 Å². The molecule has 0 saturated carbocycles. The van der Waals surface area contributed by atoms with E-state index in [1.807, 2.05) is 26.0 Å². The van der Waals surface area contributed by atoms with Crippen molar-refractivity contribution in [2.24, 2.45) is 0 Å². The molecule has 0 aromatic carbocycles. The molecule has 0 aromatic heterocycles. The number of hydrogen-bond donors (Lipinski definition) is 2. The molecule has 0 atom stereocenters. The molecule has 0 aliphatic rings. The molecule has 0 saturated heterocycles. The Balaban J connectivity index is 4.07. The largest absolute Gasteiger partial charge is 0.344 e. The molecule has 0 aromatic rings. The fraction of sp³-hybridized carbons (Fsp3) is 0.545. The fourth-order valence-corrected chi connectivity index (χ4v) is 2.18. The van der Waals surface area contributed by atoms with E-state index in [1.54, 1.807) is 0 Å². The minimum atomic E-state index is -0.589. The van der Waals surface area contributed by atoms with Gasteiger partial charge in [-0.05, 0) is 67.2 Å². The summed E-state index contributed by atoms with van der Waals surface area (Å²) < 4.78 is 0. The number of carbonyl (C=O) groups is 2. The maximum atomic E-state index is 11.8. The monoisotopic (exact) mass is 360 g/mol. The first-order valence-corrected chi connectivity index (χ1v) is 9.36. The van der Waals surface area contributed by atoms with Crippen molar-refractivity contribution < 1.29 is 9.59 Å². The lowest BCUT2D eigenvalue weighted by molar-refractivity contribution is -0.138. The second-order valence-electron chi connectivity index (χ2n) is 7.16. The van der Waals surface area contributed by atoms with Crippen molar-refractivity contribution in [1.82, 2.24) is 10.6 Å². The minimum absolute atomic E-state index is 0.379. The zero-order chi connectivity index (χ0) is 19.9. The predicted molar refractivity (Wildman–Crippen MR) is 111 cm³/mol. The molecule has 26 heavy (non-hydrogen) atoms. The first-order chi connectivity index (χ1) is 12.2. The van der Waals surface area contributed by atoms with Crippen molar-refractivity contribution in [3.8, 4) is 0 Å². The summed E-state index contributed by atoms with van der Waals surface area (Å²) in [5, 5.41) is 5.25. The van der Waals surface area contributed by atoms with Gasteiger partial charge < -0.3 is 10.6 Å². The van der Waals surface area contributed by atoms with Gasteiger partial charge in [0.25, 0.3) is 0 Å². The molecule has 4 nitrogen and oxygen atoms in total. The Morgan fingerprint density at radius 3 is 1.27 bits per heavy atom. The molecule has 2 amide bonds. The molecule has 0 unspecified atom stereocenters. The van der Waals surface area contributed by atoms with Crippen LogP contribution >= 0.6 is 0 Å². The number of allylic oxidation sites excluding steroid dienone is 6. The van der Waals surface area contributed by atoms with E-state index in [2.05, 4.69) is 50.5 Å². The van der Waals surface area contributed by atoms with E-state index in [0.29, 0.717) is 13.1 Å². The first kappa shape index (κ1) is 23.9. The number of nitrogens with one attached hydrogen (secondary N) is 2. The van der Waals surface area contributed by atoms with Crippen LogP contribution in [0.2, 0.25) is 0 Å². The summed E-state index contributed by atoms with van der Waals surface area (Å²) in [7, 11) is 0. The van der Waals surface area contributed by atoms with Crippen LogP contribution in [0, 0.1) is 0 Å². The van der Waals surface area contributed by atoms with Gasteiger partial charge in [0, 0.05) is 13.1 Å². The predicted octanol–water partition coefficient (Wildman–Crippen LogP) is 4.60. The van der Waals surface area contributed by atoms with Crippen molar-refractivity contribution in [3.63, 3.8) is 0 Å². The quantitative estimate of drug-likeness (QED) is 0.442. The third kappa shape index (κ3) is 14.3. The Morgan fingerprint density at radius 2 is 0.962 bits per heavy atom. The van der Waals surface area contributed by atoms with E-state index in [1.165, 1.54) is 22.3 Å². The topological polar surface area (TPSA) is 58.2 Å². The van der Waals surface area contributed by atoms with E-state index in [0.717, 1.165) is 25.7 Å². The van der Waals surface area contributed by atoms with Crippen LogP contribution in [0.25, 0.3) is 0 Å². The van der Waals surface area contributed by atoms with Crippen molar-refractivity contribution >= 4 is 11.8 Å². The third-order valence-electron chi connectivity index (χ3n) is 3.82. The van der Waals surface area contributed by atoms with Gasteiger partial charge in [-0.1, -0.05) is 46.6 Å². The van der Waals surface area contributed by atoms with Gasteiger partial charge in [0.05, 0.1) is 0 Å². The fourth-order valence-electron chi connectivity index (χ4n) is 2.18. The van der Waals surface area contributed by atoms with Gasteiger partial charge in [-0.2, -0.15) is 0 Å². The van der Waals surface area contributed by atoms with Crippen molar-refractivity contribution in [3.05, 3.63) is 46.6 Å². The molecule has 0 bridgehead atoms. The summed E-state index contributed by atoms with van der Waals surface area (Å²) in [5.41, 5.74) is 5.03. The van der Waals surface area contributed by atoms with Gasteiger partial charge in [0.1, 0.15) is 0 Å². The second kappa shape index (κ2) is 14.1. The van der Waals surface area contributed by atoms with Gasteiger partial charge >= 0.3 is 11.8 Å². The molecule has 0 radical (unpaired) electrons. The Kier molecular flexibility index (Phi) is 13.0. The van der Waals surface area contributed by atoms with Crippen LogP contribution in [0.15, 0.2) is 46.6 Å². The molecule has 0 rings (SSSR count). The maximum Gasteiger partial charge on any atom is 0.309 e. The average Bonchev–Trinajstić information content (AvgIpc) is 2.53. The molecule has 2 N–H and O–H groups in total. The van der Waals surface area contributed by atoms with Crippen LogP contribution in [-0.2, 0) is 9.59 Å². The lowest BCUT2D eigenvalue weighted by atomic mass is 10.1. The standard InChI is InChI=1S/C22H36N2O2/c1-17(2)9-7-11-19(5)13-15-23-21(25)22(26)24-16-14-20(6)12-8-10-18(3)4/h9-10,13-14H,7-8,11-12,15-16H2,1-6H3,(H,23,25)(H,24,26)/b19-13-,20-14-. The highest BCUT2D eigenvalue weighted by Gasteiger charge is 2.10. The molecule has 4 heteroatoms. The SMILES string of the molecule is CC(C)=CCC/C(C)=C\CNC(=O)C(=O)NC/C=C(/C)CCC=C(C)C. The van der Waals surface area contributed by atoms with Gasteiger partial charge in [-0.3, -0.25) is 9.59 Å². The molecular weight excluding hydrogens is 324 g/mol. The first-order valence-electron chi connectivity index (χ1n) is 9.36. The van der Waals surface area contributed by atoms with Gasteiger partial charge in [-0.25, -0.2) is 0 Å². The highest BCUT2D eigenvalue weighted by molar-refractivity contribution is 6.35. The van der Waals surface area contributed by atoms with Crippen LogP contribution in [0.1, 0.15) is 67.2 Å². The molecule has 0 spiro atoms. The van der Waals surface area contributed by atoms with Crippen LogP contribution in [0.4, 0.5) is 0 Å². The zero-order valence-electron chi connectivity index (χ0n) is 17.4. The van der Waals surface area contributed by atoms with Crippen molar-refractivity contribution in [1.29, 1.82) is 0 Å². The van der Waals surface area contributed by atoms with Gasteiger partial charge in [0.2, 0.25) is 0 Å². The highest BCUT2D eigenvalue weighted by Crippen LogP contribution is 2.06. The van der Waals surface area contributed by atoms with Crippen LogP contribution in [0.3, 0.4) is 0 Å². The van der Waals surface area contributed by atoms with E-state index in [9.17, 15) is 9.59 Å².